The Morgan fingerprint density at radius 2 is 2.10 bits per heavy atom. The first-order chi connectivity index (χ1) is 9.82. The molecule has 0 atom stereocenters. The second kappa shape index (κ2) is 4.37. The Labute approximate surface area is 116 Å². The fourth-order valence-electron chi connectivity index (χ4n) is 2.22. The highest BCUT2D eigenvalue weighted by Crippen LogP contribution is 2.57. The number of halogens is 3. The number of alkyl halides is 3. The molecule has 5 nitrogen and oxygen atoms in total. The molecular weight excluding hydrogens is 289 g/mol. The van der Waals surface area contributed by atoms with E-state index in [0.29, 0.717) is 0 Å². The lowest BCUT2D eigenvalue weighted by Gasteiger charge is -2.19. The molecule has 1 saturated carbocycles. The second-order valence-corrected chi connectivity index (χ2v) is 5.15. The molecule has 112 valence electrons. The number of carbonyl (C=O) groups is 1. The van der Waals surface area contributed by atoms with E-state index in [9.17, 15) is 22.8 Å². The number of para-hydroxylation sites is 1. The lowest BCUT2D eigenvalue weighted by molar-refractivity contribution is -0.184. The molecule has 2 N–H and O–H groups in total. The van der Waals surface area contributed by atoms with Crippen molar-refractivity contribution < 1.29 is 22.4 Å². The molecule has 1 fully saturated rings. The summed E-state index contributed by atoms with van der Waals surface area (Å²) in [6, 6.07) is 4.39. The Balaban J connectivity index is 1.81. The van der Waals surface area contributed by atoms with E-state index in [1.807, 2.05) is 0 Å². The number of aromatic amines is 1. The molecular formula is C13H11F3N2O3. The fraction of sp³-hybridized carbons (Fsp3) is 0.385. The molecule has 1 heterocycles. The van der Waals surface area contributed by atoms with E-state index in [1.54, 1.807) is 0 Å². The van der Waals surface area contributed by atoms with Crippen molar-refractivity contribution in [2.75, 3.05) is 6.54 Å². The number of carbonyl (C=O) groups excluding carboxylic acids is 1. The van der Waals surface area contributed by atoms with Crippen LogP contribution in [0.15, 0.2) is 27.4 Å². The number of hydrogen-bond donors (Lipinski definition) is 2. The molecule has 1 aromatic heterocycles. The Kier molecular flexibility index (Phi) is 2.86. The van der Waals surface area contributed by atoms with E-state index in [4.69, 9.17) is 4.42 Å². The summed E-state index contributed by atoms with van der Waals surface area (Å²) < 4.78 is 43.2. The Morgan fingerprint density at radius 1 is 1.38 bits per heavy atom. The van der Waals surface area contributed by atoms with Crippen LogP contribution in [0.1, 0.15) is 23.2 Å². The SMILES string of the molecule is O=C(NCC1(C(F)(F)F)CC1)c1cccc2oc(=O)[nH]c12. The number of oxazole rings is 1. The van der Waals surface area contributed by atoms with Crippen LogP contribution in [0.3, 0.4) is 0 Å². The number of aromatic nitrogens is 1. The van der Waals surface area contributed by atoms with E-state index >= 15 is 0 Å². The van der Waals surface area contributed by atoms with Gasteiger partial charge in [-0.15, -0.1) is 0 Å². The molecule has 0 radical (unpaired) electrons. The molecule has 0 spiro atoms. The minimum absolute atomic E-state index is 0.0174. The van der Waals surface area contributed by atoms with Crippen molar-refractivity contribution in [1.29, 1.82) is 0 Å². The topological polar surface area (TPSA) is 75.1 Å². The Morgan fingerprint density at radius 3 is 2.71 bits per heavy atom. The Bertz CT molecular complexity index is 756. The van der Waals surface area contributed by atoms with Crippen LogP contribution < -0.4 is 11.1 Å². The maximum atomic E-state index is 12.8. The predicted octanol–water partition coefficient (Wildman–Crippen LogP) is 2.19. The van der Waals surface area contributed by atoms with Gasteiger partial charge in [0.15, 0.2) is 5.58 Å². The van der Waals surface area contributed by atoms with E-state index in [0.717, 1.165) is 0 Å². The van der Waals surface area contributed by atoms with Gasteiger partial charge in [-0.05, 0) is 25.0 Å². The van der Waals surface area contributed by atoms with Crippen LogP contribution in [-0.4, -0.2) is 23.6 Å². The molecule has 1 aliphatic carbocycles. The van der Waals surface area contributed by atoms with Gasteiger partial charge < -0.3 is 9.73 Å². The van der Waals surface area contributed by atoms with Gasteiger partial charge in [0, 0.05) is 6.54 Å². The van der Waals surface area contributed by atoms with Crippen LogP contribution in [0.5, 0.6) is 0 Å². The number of nitrogens with one attached hydrogen (secondary N) is 2. The first-order valence-electron chi connectivity index (χ1n) is 6.29. The van der Waals surface area contributed by atoms with Gasteiger partial charge in [-0.2, -0.15) is 13.2 Å². The van der Waals surface area contributed by atoms with Gasteiger partial charge in [0.1, 0.15) is 0 Å². The zero-order valence-corrected chi connectivity index (χ0v) is 10.7. The van der Waals surface area contributed by atoms with E-state index in [-0.39, 0.29) is 29.5 Å². The molecule has 8 heteroatoms. The van der Waals surface area contributed by atoms with Crippen molar-refractivity contribution in [3.63, 3.8) is 0 Å². The third kappa shape index (κ3) is 2.30. The van der Waals surface area contributed by atoms with E-state index in [2.05, 4.69) is 10.3 Å². The van der Waals surface area contributed by atoms with Crippen molar-refractivity contribution in [2.45, 2.75) is 19.0 Å². The highest BCUT2D eigenvalue weighted by molar-refractivity contribution is 6.04. The van der Waals surface area contributed by atoms with Gasteiger partial charge >= 0.3 is 11.9 Å². The monoisotopic (exact) mass is 300 g/mol. The summed E-state index contributed by atoms with van der Waals surface area (Å²) in [6.07, 6.45) is -4.29. The van der Waals surface area contributed by atoms with Gasteiger partial charge in [-0.1, -0.05) is 6.07 Å². The third-order valence-corrected chi connectivity index (χ3v) is 3.74. The lowest BCUT2D eigenvalue weighted by Crippen LogP contribution is -2.38. The largest absolute Gasteiger partial charge is 0.417 e. The van der Waals surface area contributed by atoms with Crippen molar-refractivity contribution >= 4 is 17.0 Å². The number of amides is 1. The standard InChI is InChI=1S/C13H11F3N2O3/c14-13(15,16)12(4-5-12)6-17-10(19)7-2-1-3-8-9(7)18-11(20)21-8/h1-3H,4-6H2,(H,17,19)(H,18,20). The summed E-state index contributed by atoms with van der Waals surface area (Å²) in [5.41, 5.74) is -1.36. The van der Waals surface area contributed by atoms with E-state index in [1.165, 1.54) is 18.2 Å². The molecule has 1 aliphatic rings. The average Bonchev–Trinajstić information content (AvgIpc) is 3.10. The highest BCUT2D eigenvalue weighted by atomic mass is 19.4. The number of hydrogen-bond acceptors (Lipinski definition) is 3. The number of benzene rings is 1. The van der Waals surface area contributed by atoms with Gasteiger partial charge in [0.2, 0.25) is 0 Å². The van der Waals surface area contributed by atoms with Gasteiger partial charge in [-0.25, -0.2) is 4.79 Å². The first kappa shape index (κ1) is 13.7. The molecule has 21 heavy (non-hydrogen) atoms. The first-order valence-corrected chi connectivity index (χ1v) is 6.29. The van der Waals surface area contributed by atoms with Crippen molar-refractivity contribution in [3.8, 4) is 0 Å². The number of fused-ring (bicyclic) bond motifs is 1. The normalized spacial score (nSPS) is 16.9. The maximum absolute atomic E-state index is 12.8. The summed E-state index contributed by atoms with van der Waals surface area (Å²) in [5.74, 6) is -1.40. The maximum Gasteiger partial charge on any atom is 0.417 e. The predicted molar refractivity (Wildman–Crippen MR) is 66.9 cm³/mol. The zero-order chi connectivity index (χ0) is 15.3. The van der Waals surface area contributed by atoms with Crippen LogP contribution in [0.2, 0.25) is 0 Å². The molecule has 0 saturated heterocycles. The number of rotatable bonds is 3. The summed E-state index contributed by atoms with van der Waals surface area (Å²) in [7, 11) is 0. The molecule has 0 aliphatic heterocycles. The van der Waals surface area contributed by atoms with E-state index < -0.39 is 29.8 Å². The fourth-order valence-corrected chi connectivity index (χ4v) is 2.22. The minimum Gasteiger partial charge on any atom is -0.408 e. The molecule has 3 rings (SSSR count). The lowest BCUT2D eigenvalue weighted by atomic mass is 10.1. The van der Waals surface area contributed by atoms with Crippen molar-refractivity contribution in [3.05, 3.63) is 34.3 Å². The molecule has 1 aromatic carbocycles. The van der Waals surface area contributed by atoms with Crippen LogP contribution in [0.4, 0.5) is 13.2 Å². The van der Waals surface area contributed by atoms with Crippen molar-refractivity contribution in [2.24, 2.45) is 5.41 Å². The molecule has 1 amide bonds. The highest BCUT2D eigenvalue weighted by Gasteiger charge is 2.63. The van der Waals surface area contributed by atoms with Crippen LogP contribution in [0, 0.1) is 5.41 Å². The molecule has 2 aromatic rings. The zero-order valence-electron chi connectivity index (χ0n) is 10.7. The van der Waals surface area contributed by atoms with Crippen molar-refractivity contribution in [1.82, 2.24) is 10.3 Å². The Hall–Kier alpha value is -2.25. The minimum atomic E-state index is -4.32. The molecule has 0 unspecified atom stereocenters. The summed E-state index contributed by atoms with van der Waals surface area (Å²) in [4.78, 5) is 25.5. The van der Waals surface area contributed by atoms with Gasteiger partial charge in [-0.3, -0.25) is 9.78 Å². The van der Waals surface area contributed by atoms with Crippen LogP contribution >= 0.6 is 0 Å². The second-order valence-electron chi connectivity index (χ2n) is 5.15. The number of H-pyrrole nitrogens is 1. The summed E-state index contributed by atoms with van der Waals surface area (Å²) in [5, 5.41) is 2.29. The third-order valence-electron chi connectivity index (χ3n) is 3.74. The quantitative estimate of drug-likeness (QED) is 0.912. The summed E-state index contributed by atoms with van der Waals surface area (Å²) in [6.45, 7) is -0.464. The molecule has 0 bridgehead atoms. The van der Waals surface area contributed by atoms with Crippen LogP contribution in [0.25, 0.3) is 11.1 Å². The van der Waals surface area contributed by atoms with Crippen LogP contribution in [-0.2, 0) is 0 Å². The average molecular weight is 300 g/mol. The smallest absolute Gasteiger partial charge is 0.408 e. The van der Waals surface area contributed by atoms with Gasteiger partial charge in [0.05, 0.1) is 16.5 Å². The summed E-state index contributed by atoms with van der Waals surface area (Å²) >= 11 is 0. The van der Waals surface area contributed by atoms with Gasteiger partial charge in [0.25, 0.3) is 5.91 Å².